The Balaban J connectivity index is 2.31. The van der Waals surface area contributed by atoms with Crippen molar-refractivity contribution < 1.29 is 24.0 Å². The second-order valence-corrected chi connectivity index (χ2v) is 5.92. The zero-order valence-electron chi connectivity index (χ0n) is 14.4. The zero-order chi connectivity index (χ0) is 18.4. The standard InChI is InChI=1S/C17H22N2O6/c1-12(20)13-5-6-15(16(10-13)19(22)23)18(8-7-17(21)24-2)11-14-4-3-9-25-14/h5-6,10,14H,3-4,7-9,11H2,1-2H3/t14-/m1/s1. The highest BCUT2D eigenvalue weighted by Gasteiger charge is 2.26. The smallest absolute Gasteiger partial charge is 0.307 e. The van der Waals surface area contributed by atoms with Crippen molar-refractivity contribution in [1.82, 2.24) is 0 Å². The van der Waals surface area contributed by atoms with Crippen LogP contribution in [-0.4, -0.2) is 49.6 Å². The second kappa shape index (κ2) is 8.57. The van der Waals surface area contributed by atoms with Gasteiger partial charge in [-0.05, 0) is 31.9 Å². The Bertz CT molecular complexity index is 655. The molecule has 0 amide bonds. The van der Waals surface area contributed by atoms with Gasteiger partial charge in [0, 0.05) is 31.3 Å². The Morgan fingerprint density at radius 3 is 2.76 bits per heavy atom. The van der Waals surface area contributed by atoms with E-state index in [9.17, 15) is 19.7 Å². The van der Waals surface area contributed by atoms with Crippen LogP contribution in [0.5, 0.6) is 0 Å². The molecule has 1 aromatic carbocycles. The molecule has 0 unspecified atom stereocenters. The van der Waals surface area contributed by atoms with Crippen molar-refractivity contribution in [1.29, 1.82) is 0 Å². The van der Waals surface area contributed by atoms with Gasteiger partial charge in [0.05, 0.1) is 24.6 Å². The summed E-state index contributed by atoms with van der Waals surface area (Å²) < 4.78 is 10.3. The number of anilines is 1. The summed E-state index contributed by atoms with van der Waals surface area (Å²) in [6.45, 7) is 2.74. The van der Waals surface area contributed by atoms with Crippen LogP contribution in [0.2, 0.25) is 0 Å². The molecule has 1 fully saturated rings. The van der Waals surface area contributed by atoms with E-state index in [4.69, 9.17) is 4.74 Å². The molecular weight excluding hydrogens is 328 g/mol. The molecule has 0 saturated carbocycles. The van der Waals surface area contributed by atoms with E-state index in [1.807, 2.05) is 0 Å². The van der Waals surface area contributed by atoms with Crippen molar-refractivity contribution in [2.45, 2.75) is 32.3 Å². The largest absolute Gasteiger partial charge is 0.469 e. The minimum atomic E-state index is -0.511. The summed E-state index contributed by atoms with van der Waals surface area (Å²) in [6.07, 6.45) is 1.88. The first-order valence-electron chi connectivity index (χ1n) is 8.15. The summed E-state index contributed by atoms with van der Waals surface area (Å²) in [4.78, 5) is 35.7. The number of carbonyl (C=O) groups is 2. The molecule has 0 aliphatic carbocycles. The van der Waals surface area contributed by atoms with Gasteiger partial charge in [-0.15, -0.1) is 0 Å². The summed E-state index contributed by atoms with van der Waals surface area (Å²) in [5.74, 6) is -0.629. The number of benzene rings is 1. The average Bonchev–Trinajstić information content (AvgIpc) is 3.10. The molecule has 25 heavy (non-hydrogen) atoms. The third kappa shape index (κ3) is 4.99. The Hall–Kier alpha value is -2.48. The second-order valence-electron chi connectivity index (χ2n) is 5.92. The molecule has 136 valence electrons. The van der Waals surface area contributed by atoms with Gasteiger partial charge in [0.25, 0.3) is 5.69 Å². The van der Waals surface area contributed by atoms with Gasteiger partial charge in [-0.3, -0.25) is 19.7 Å². The first-order chi connectivity index (χ1) is 11.9. The van der Waals surface area contributed by atoms with Crippen molar-refractivity contribution in [2.75, 3.05) is 31.7 Å². The molecule has 1 atom stereocenters. The molecule has 0 aromatic heterocycles. The lowest BCUT2D eigenvalue weighted by Gasteiger charge is -2.27. The molecule has 0 N–H and O–H groups in total. The number of carbonyl (C=O) groups excluding carboxylic acids is 2. The number of rotatable bonds is 8. The van der Waals surface area contributed by atoms with Crippen LogP contribution in [0.3, 0.4) is 0 Å². The molecular formula is C17H22N2O6. The fourth-order valence-corrected chi connectivity index (χ4v) is 2.83. The monoisotopic (exact) mass is 350 g/mol. The molecule has 1 heterocycles. The van der Waals surface area contributed by atoms with Crippen molar-refractivity contribution in [3.8, 4) is 0 Å². The van der Waals surface area contributed by atoms with Crippen molar-refractivity contribution in [3.05, 3.63) is 33.9 Å². The summed E-state index contributed by atoms with van der Waals surface area (Å²) in [6, 6.07) is 4.39. The number of hydrogen-bond donors (Lipinski definition) is 0. The van der Waals surface area contributed by atoms with Crippen LogP contribution in [0.1, 0.15) is 36.5 Å². The molecule has 0 radical (unpaired) electrons. The molecule has 8 nitrogen and oxygen atoms in total. The fraction of sp³-hybridized carbons (Fsp3) is 0.529. The van der Waals surface area contributed by atoms with Gasteiger partial charge >= 0.3 is 5.97 Å². The van der Waals surface area contributed by atoms with Crippen LogP contribution in [0.25, 0.3) is 0 Å². The number of nitro benzene ring substituents is 1. The number of nitro groups is 1. The van der Waals surface area contributed by atoms with E-state index >= 15 is 0 Å². The maximum absolute atomic E-state index is 11.5. The number of nitrogens with zero attached hydrogens (tertiary/aromatic N) is 2. The maximum atomic E-state index is 11.5. The summed E-state index contributed by atoms with van der Waals surface area (Å²) in [5, 5.41) is 11.5. The van der Waals surface area contributed by atoms with Gasteiger partial charge in [-0.25, -0.2) is 0 Å². The Morgan fingerprint density at radius 2 is 2.20 bits per heavy atom. The normalized spacial score (nSPS) is 16.5. The fourth-order valence-electron chi connectivity index (χ4n) is 2.83. The van der Waals surface area contributed by atoms with Gasteiger partial charge in [0.15, 0.2) is 5.78 Å². The zero-order valence-corrected chi connectivity index (χ0v) is 14.4. The van der Waals surface area contributed by atoms with Crippen LogP contribution in [0, 0.1) is 10.1 Å². The van der Waals surface area contributed by atoms with Gasteiger partial charge in [0.1, 0.15) is 5.69 Å². The Kier molecular flexibility index (Phi) is 6.46. The maximum Gasteiger partial charge on any atom is 0.307 e. The molecule has 0 bridgehead atoms. The van der Waals surface area contributed by atoms with E-state index in [0.29, 0.717) is 18.8 Å². The van der Waals surface area contributed by atoms with E-state index in [1.165, 1.54) is 20.1 Å². The van der Waals surface area contributed by atoms with E-state index in [2.05, 4.69) is 4.74 Å². The molecule has 8 heteroatoms. The lowest BCUT2D eigenvalue weighted by atomic mass is 10.1. The number of ketones is 1. The van der Waals surface area contributed by atoms with Gasteiger partial charge in [-0.2, -0.15) is 0 Å². The summed E-state index contributed by atoms with van der Waals surface area (Å²) >= 11 is 0. The molecule has 0 spiro atoms. The van der Waals surface area contributed by atoms with Crippen LogP contribution >= 0.6 is 0 Å². The highest BCUT2D eigenvalue weighted by molar-refractivity contribution is 5.95. The summed E-state index contributed by atoms with van der Waals surface area (Å²) in [7, 11) is 1.30. The first-order valence-corrected chi connectivity index (χ1v) is 8.15. The third-order valence-corrected chi connectivity index (χ3v) is 4.18. The average molecular weight is 350 g/mol. The lowest BCUT2D eigenvalue weighted by Crippen LogP contribution is -2.34. The van der Waals surface area contributed by atoms with Crippen molar-refractivity contribution in [2.24, 2.45) is 0 Å². The lowest BCUT2D eigenvalue weighted by molar-refractivity contribution is -0.384. The number of Topliss-reactive ketones (excluding diaryl/α,β-unsaturated/α-hetero) is 1. The SMILES string of the molecule is COC(=O)CCN(C[C@H]1CCCO1)c1ccc(C(C)=O)cc1[N+](=O)[O-]. The third-order valence-electron chi connectivity index (χ3n) is 4.18. The van der Waals surface area contributed by atoms with E-state index < -0.39 is 4.92 Å². The van der Waals surface area contributed by atoms with E-state index in [-0.39, 0.29) is 42.1 Å². The Labute approximate surface area is 145 Å². The van der Waals surface area contributed by atoms with Gasteiger partial charge in [-0.1, -0.05) is 0 Å². The van der Waals surface area contributed by atoms with Gasteiger partial charge in [0.2, 0.25) is 0 Å². The predicted molar refractivity (Wildman–Crippen MR) is 90.9 cm³/mol. The molecule has 1 saturated heterocycles. The molecule has 1 aliphatic rings. The summed E-state index contributed by atoms with van der Waals surface area (Å²) in [5.41, 5.74) is 0.491. The first kappa shape index (κ1) is 18.9. The van der Waals surface area contributed by atoms with E-state index in [1.54, 1.807) is 17.0 Å². The minimum absolute atomic E-state index is 0.0373. The van der Waals surface area contributed by atoms with Gasteiger partial charge < -0.3 is 14.4 Å². The number of esters is 1. The number of ether oxygens (including phenoxy) is 2. The van der Waals surface area contributed by atoms with Crippen LogP contribution in [-0.2, 0) is 14.3 Å². The molecule has 2 rings (SSSR count). The number of hydrogen-bond acceptors (Lipinski definition) is 7. The topological polar surface area (TPSA) is 99.0 Å². The minimum Gasteiger partial charge on any atom is -0.469 e. The van der Waals surface area contributed by atoms with Crippen molar-refractivity contribution >= 4 is 23.1 Å². The van der Waals surface area contributed by atoms with E-state index in [0.717, 1.165) is 12.8 Å². The van der Waals surface area contributed by atoms with Crippen LogP contribution in [0.4, 0.5) is 11.4 Å². The molecule has 1 aliphatic heterocycles. The number of methoxy groups -OCH3 is 1. The highest BCUT2D eigenvalue weighted by Crippen LogP contribution is 2.31. The van der Waals surface area contributed by atoms with Crippen molar-refractivity contribution in [3.63, 3.8) is 0 Å². The quantitative estimate of drug-likeness (QED) is 0.307. The highest BCUT2D eigenvalue weighted by atomic mass is 16.6. The van der Waals surface area contributed by atoms with Crippen LogP contribution < -0.4 is 4.90 Å². The van der Waals surface area contributed by atoms with Crippen LogP contribution in [0.15, 0.2) is 18.2 Å². The predicted octanol–water partition coefficient (Wildman–Crippen LogP) is 2.35. The Morgan fingerprint density at radius 1 is 1.44 bits per heavy atom. The molecule has 1 aromatic rings.